The smallest absolute Gasteiger partial charge is 0.387 e. The molecule has 0 saturated carbocycles. The van der Waals surface area contributed by atoms with Gasteiger partial charge in [0.1, 0.15) is 0 Å². The highest BCUT2D eigenvalue weighted by Crippen LogP contribution is 2.30. The molecule has 0 radical (unpaired) electrons. The number of rotatable bonds is 6. The quantitative estimate of drug-likeness (QED) is 0.825. The Morgan fingerprint density at radius 1 is 1.08 bits per heavy atom. The van der Waals surface area contributed by atoms with Crippen LogP contribution in [0.4, 0.5) is 13.2 Å². The number of aliphatic hydroxyl groups excluding tert-OH is 1. The maximum Gasteiger partial charge on any atom is 0.416 e. The van der Waals surface area contributed by atoms with Gasteiger partial charge in [-0.1, -0.05) is 42.0 Å². The van der Waals surface area contributed by atoms with E-state index in [1.807, 2.05) is 26.0 Å². The number of aliphatic hydroxyl groups is 1. The molecular weight excluding hydrogens is 315 g/mol. The molecule has 0 aliphatic rings. The Kier molecular flexibility index (Phi) is 6.02. The lowest BCUT2D eigenvalue weighted by Gasteiger charge is -2.18. The summed E-state index contributed by atoms with van der Waals surface area (Å²) in [5.74, 6) is 0. The Balaban J connectivity index is 1.90. The lowest BCUT2D eigenvalue weighted by molar-refractivity contribution is -0.137. The molecule has 130 valence electrons. The van der Waals surface area contributed by atoms with E-state index in [2.05, 4.69) is 17.4 Å². The lowest BCUT2D eigenvalue weighted by atomic mass is 10.0. The van der Waals surface area contributed by atoms with Crippen molar-refractivity contribution in [1.82, 2.24) is 5.32 Å². The minimum atomic E-state index is -4.40. The molecule has 0 bridgehead atoms. The van der Waals surface area contributed by atoms with Crippen molar-refractivity contribution < 1.29 is 18.3 Å². The average molecular weight is 337 g/mol. The van der Waals surface area contributed by atoms with Crippen molar-refractivity contribution in [2.75, 3.05) is 6.54 Å². The second-order valence-electron chi connectivity index (χ2n) is 6.14. The second kappa shape index (κ2) is 7.81. The SMILES string of the molecule is Cc1ccc(CC(C)NCC(O)c2cccc(C(F)(F)F)c2)cc1. The topological polar surface area (TPSA) is 32.3 Å². The fourth-order valence-corrected chi connectivity index (χ4v) is 2.50. The molecule has 24 heavy (non-hydrogen) atoms. The number of benzene rings is 2. The van der Waals surface area contributed by atoms with Crippen LogP contribution in [0.3, 0.4) is 0 Å². The maximum atomic E-state index is 12.7. The van der Waals surface area contributed by atoms with Crippen molar-refractivity contribution >= 4 is 0 Å². The van der Waals surface area contributed by atoms with Crippen LogP contribution in [0, 0.1) is 6.92 Å². The summed E-state index contributed by atoms with van der Waals surface area (Å²) in [6.07, 6.45) is -4.59. The number of hydrogen-bond donors (Lipinski definition) is 2. The third kappa shape index (κ3) is 5.35. The molecule has 0 aromatic heterocycles. The molecule has 0 aliphatic carbocycles. The van der Waals surface area contributed by atoms with Gasteiger partial charge in [0.15, 0.2) is 0 Å². The molecule has 2 aromatic rings. The molecule has 2 aromatic carbocycles. The second-order valence-corrected chi connectivity index (χ2v) is 6.14. The van der Waals surface area contributed by atoms with E-state index in [0.717, 1.165) is 18.6 Å². The highest BCUT2D eigenvalue weighted by molar-refractivity contribution is 5.27. The van der Waals surface area contributed by atoms with Gasteiger partial charge in [-0.15, -0.1) is 0 Å². The number of aryl methyl sites for hydroxylation is 1. The van der Waals surface area contributed by atoms with Crippen molar-refractivity contribution in [1.29, 1.82) is 0 Å². The Morgan fingerprint density at radius 3 is 2.38 bits per heavy atom. The highest BCUT2D eigenvalue weighted by atomic mass is 19.4. The third-order valence-corrected chi connectivity index (χ3v) is 3.92. The van der Waals surface area contributed by atoms with Gasteiger partial charge in [0, 0.05) is 12.6 Å². The van der Waals surface area contributed by atoms with E-state index >= 15 is 0 Å². The molecule has 2 unspecified atom stereocenters. The van der Waals surface area contributed by atoms with Crippen molar-refractivity contribution in [3.05, 3.63) is 70.8 Å². The van der Waals surface area contributed by atoms with E-state index in [1.54, 1.807) is 0 Å². The molecule has 0 saturated heterocycles. The summed E-state index contributed by atoms with van der Waals surface area (Å²) >= 11 is 0. The Hall–Kier alpha value is -1.85. The van der Waals surface area contributed by atoms with Gasteiger partial charge in [0.2, 0.25) is 0 Å². The van der Waals surface area contributed by atoms with Gasteiger partial charge in [-0.3, -0.25) is 0 Å². The fraction of sp³-hybridized carbons (Fsp3) is 0.368. The van der Waals surface area contributed by atoms with E-state index in [4.69, 9.17) is 0 Å². The monoisotopic (exact) mass is 337 g/mol. The number of nitrogens with one attached hydrogen (secondary N) is 1. The van der Waals surface area contributed by atoms with E-state index in [1.165, 1.54) is 23.3 Å². The van der Waals surface area contributed by atoms with Gasteiger partial charge in [-0.05, 0) is 43.5 Å². The van der Waals surface area contributed by atoms with Gasteiger partial charge < -0.3 is 10.4 Å². The molecule has 5 heteroatoms. The molecule has 2 rings (SSSR count). The summed E-state index contributed by atoms with van der Waals surface area (Å²) in [5, 5.41) is 13.3. The molecule has 0 fully saturated rings. The molecule has 0 heterocycles. The fourth-order valence-electron chi connectivity index (χ4n) is 2.50. The van der Waals surface area contributed by atoms with Crippen LogP contribution in [0.25, 0.3) is 0 Å². The van der Waals surface area contributed by atoms with Crippen LogP contribution in [0.2, 0.25) is 0 Å². The van der Waals surface area contributed by atoms with Crippen LogP contribution < -0.4 is 5.32 Å². The Bertz CT molecular complexity index is 652. The van der Waals surface area contributed by atoms with Crippen molar-refractivity contribution in [3.63, 3.8) is 0 Å². The van der Waals surface area contributed by atoms with E-state index in [-0.39, 0.29) is 18.2 Å². The summed E-state index contributed by atoms with van der Waals surface area (Å²) in [4.78, 5) is 0. The Labute approximate surface area is 140 Å². The average Bonchev–Trinajstić information content (AvgIpc) is 2.54. The number of alkyl halides is 3. The normalized spacial score (nSPS) is 14.4. The highest BCUT2D eigenvalue weighted by Gasteiger charge is 2.30. The van der Waals surface area contributed by atoms with Crippen LogP contribution >= 0.6 is 0 Å². The summed E-state index contributed by atoms with van der Waals surface area (Å²) in [6.45, 7) is 4.21. The molecule has 0 spiro atoms. The predicted molar refractivity (Wildman–Crippen MR) is 88.8 cm³/mol. The molecule has 0 aliphatic heterocycles. The lowest BCUT2D eigenvalue weighted by Crippen LogP contribution is -2.32. The van der Waals surface area contributed by atoms with Gasteiger partial charge >= 0.3 is 6.18 Å². The van der Waals surface area contributed by atoms with Crippen LogP contribution in [-0.4, -0.2) is 17.7 Å². The Morgan fingerprint density at radius 2 is 1.75 bits per heavy atom. The van der Waals surface area contributed by atoms with E-state index < -0.39 is 17.8 Å². The first kappa shape index (κ1) is 18.5. The van der Waals surface area contributed by atoms with Crippen LogP contribution in [-0.2, 0) is 12.6 Å². The zero-order valence-corrected chi connectivity index (χ0v) is 13.8. The summed E-state index contributed by atoms with van der Waals surface area (Å²) in [6, 6.07) is 13.1. The molecular formula is C19H22F3NO. The summed E-state index contributed by atoms with van der Waals surface area (Å²) in [7, 11) is 0. The van der Waals surface area contributed by atoms with Gasteiger partial charge in [-0.25, -0.2) is 0 Å². The van der Waals surface area contributed by atoms with Gasteiger partial charge in [0.25, 0.3) is 0 Å². The van der Waals surface area contributed by atoms with Crippen molar-refractivity contribution in [3.8, 4) is 0 Å². The van der Waals surface area contributed by atoms with E-state index in [9.17, 15) is 18.3 Å². The zero-order chi connectivity index (χ0) is 17.7. The number of halogens is 3. The largest absolute Gasteiger partial charge is 0.416 e. The summed E-state index contributed by atoms with van der Waals surface area (Å²) in [5.41, 5.74) is 1.89. The standard InChI is InChI=1S/C19H22F3NO/c1-13-6-8-15(9-7-13)10-14(2)23-12-18(24)16-4-3-5-17(11-16)19(20,21)22/h3-9,11,14,18,23-24H,10,12H2,1-2H3. The third-order valence-electron chi connectivity index (χ3n) is 3.92. The minimum Gasteiger partial charge on any atom is -0.387 e. The zero-order valence-electron chi connectivity index (χ0n) is 13.8. The van der Waals surface area contributed by atoms with Crippen LogP contribution in [0.5, 0.6) is 0 Å². The molecule has 0 amide bonds. The van der Waals surface area contributed by atoms with Crippen LogP contribution in [0.1, 0.15) is 35.3 Å². The predicted octanol–water partition coefficient (Wildman–Crippen LogP) is 4.27. The first-order valence-electron chi connectivity index (χ1n) is 7.90. The first-order chi connectivity index (χ1) is 11.3. The van der Waals surface area contributed by atoms with Gasteiger partial charge in [0.05, 0.1) is 11.7 Å². The summed E-state index contributed by atoms with van der Waals surface area (Å²) < 4.78 is 38.2. The maximum absolute atomic E-state index is 12.7. The molecule has 2 nitrogen and oxygen atoms in total. The van der Waals surface area contributed by atoms with Crippen molar-refractivity contribution in [2.24, 2.45) is 0 Å². The first-order valence-corrected chi connectivity index (χ1v) is 7.90. The molecule has 2 N–H and O–H groups in total. The van der Waals surface area contributed by atoms with Gasteiger partial charge in [-0.2, -0.15) is 13.2 Å². The van der Waals surface area contributed by atoms with Crippen molar-refractivity contribution in [2.45, 2.75) is 38.6 Å². The minimum absolute atomic E-state index is 0.105. The van der Waals surface area contributed by atoms with Crippen LogP contribution in [0.15, 0.2) is 48.5 Å². The number of hydrogen-bond acceptors (Lipinski definition) is 2. The van der Waals surface area contributed by atoms with E-state index in [0.29, 0.717) is 0 Å². The molecule has 2 atom stereocenters.